The summed E-state index contributed by atoms with van der Waals surface area (Å²) < 4.78 is 16.4. The zero-order valence-corrected chi connectivity index (χ0v) is 12.2. The Kier molecular flexibility index (Phi) is 10.4. The van der Waals surface area contributed by atoms with E-state index in [0.717, 1.165) is 11.3 Å². The Hall–Kier alpha value is -1.06. The Morgan fingerprint density at radius 2 is 1.33 bits per heavy atom. The van der Waals surface area contributed by atoms with Gasteiger partial charge in [-0.15, -0.1) is 0 Å². The van der Waals surface area contributed by atoms with Gasteiger partial charge in [0, 0.05) is 18.8 Å². The van der Waals surface area contributed by atoms with Gasteiger partial charge < -0.3 is 14.2 Å². The predicted molar refractivity (Wildman–Crippen MR) is 75.0 cm³/mol. The van der Waals surface area contributed by atoms with E-state index in [4.69, 9.17) is 14.2 Å². The third kappa shape index (κ3) is 6.03. The van der Waals surface area contributed by atoms with E-state index in [9.17, 15) is 0 Å². The van der Waals surface area contributed by atoms with Gasteiger partial charge in [-0.1, -0.05) is 26.0 Å². The first-order chi connectivity index (χ1) is 8.81. The lowest BCUT2D eigenvalue weighted by Crippen LogP contribution is -2.08. The standard InChI is InChI=1S/C13H20O3.C2H6/c1-4-14-12-9-7-11(8-10-12)13(15-5-2)16-6-3;1-2/h7-10,13H,4-6H2,1-3H3;1-2H3. The maximum atomic E-state index is 5.51. The monoisotopic (exact) mass is 254 g/mol. The zero-order valence-electron chi connectivity index (χ0n) is 12.2. The topological polar surface area (TPSA) is 27.7 Å². The van der Waals surface area contributed by atoms with E-state index >= 15 is 0 Å². The lowest BCUT2D eigenvalue weighted by Gasteiger charge is -2.17. The van der Waals surface area contributed by atoms with Crippen molar-refractivity contribution in [3.63, 3.8) is 0 Å². The Labute approximate surface area is 111 Å². The van der Waals surface area contributed by atoms with Crippen molar-refractivity contribution in [2.24, 2.45) is 0 Å². The van der Waals surface area contributed by atoms with Crippen LogP contribution in [-0.2, 0) is 9.47 Å². The molecule has 0 spiro atoms. The number of hydrogen-bond acceptors (Lipinski definition) is 3. The van der Waals surface area contributed by atoms with E-state index in [1.54, 1.807) is 0 Å². The minimum absolute atomic E-state index is 0.273. The van der Waals surface area contributed by atoms with E-state index < -0.39 is 0 Å². The van der Waals surface area contributed by atoms with Gasteiger partial charge in [-0.3, -0.25) is 0 Å². The highest BCUT2D eigenvalue weighted by molar-refractivity contribution is 5.27. The van der Waals surface area contributed by atoms with Gasteiger partial charge in [-0.2, -0.15) is 0 Å². The maximum absolute atomic E-state index is 5.51. The second-order valence-corrected chi connectivity index (χ2v) is 3.24. The maximum Gasteiger partial charge on any atom is 0.183 e. The van der Waals surface area contributed by atoms with Crippen molar-refractivity contribution in [2.45, 2.75) is 40.9 Å². The largest absolute Gasteiger partial charge is 0.494 e. The van der Waals surface area contributed by atoms with E-state index in [1.807, 2.05) is 58.9 Å². The molecular weight excluding hydrogens is 228 g/mol. The van der Waals surface area contributed by atoms with Gasteiger partial charge >= 0.3 is 0 Å². The van der Waals surface area contributed by atoms with Gasteiger partial charge in [-0.05, 0) is 32.9 Å². The molecule has 18 heavy (non-hydrogen) atoms. The van der Waals surface area contributed by atoms with Gasteiger partial charge in [0.05, 0.1) is 6.61 Å². The number of ether oxygens (including phenoxy) is 3. The summed E-state index contributed by atoms with van der Waals surface area (Å²) >= 11 is 0. The molecule has 0 heterocycles. The first-order valence-corrected chi connectivity index (χ1v) is 6.77. The van der Waals surface area contributed by atoms with Crippen LogP contribution in [0.15, 0.2) is 24.3 Å². The molecule has 0 N–H and O–H groups in total. The molecule has 1 rings (SSSR count). The van der Waals surface area contributed by atoms with E-state index in [1.165, 1.54) is 0 Å². The molecule has 3 heteroatoms. The van der Waals surface area contributed by atoms with Crippen LogP contribution in [0.1, 0.15) is 46.5 Å². The predicted octanol–water partition coefficient (Wildman–Crippen LogP) is 4.18. The summed E-state index contributed by atoms with van der Waals surface area (Å²) in [7, 11) is 0. The Morgan fingerprint density at radius 3 is 1.72 bits per heavy atom. The molecule has 0 aliphatic carbocycles. The Balaban J connectivity index is 0.00000137. The van der Waals surface area contributed by atoms with E-state index in [2.05, 4.69) is 0 Å². The summed E-state index contributed by atoms with van der Waals surface area (Å²) in [6, 6.07) is 7.82. The van der Waals surface area contributed by atoms with Crippen molar-refractivity contribution in [3.8, 4) is 5.75 Å². The molecule has 0 aliphatic heterocycles. The molecule has 0 saturated heterocycles. The average Bonchev–Trinajstić information content (AvgIpc) is 2.42. The normalized spacial score (nSPS) is 9.89. The molecule has 104 valence electrons. The fourth-order valence-electron chi connectivity index (χ4n) is 1.43. The van der Waals surface area contributed by atoms with Crippen LogP contribution in [0.25, 0.3) is 0 Å². The van der Waals surface area contributed by atoms with Crippen molar-refractivity contribution < 1.29 is 14.2 Å². The second-order valence-electron chi connectivity index (χ2n) is 3.24. The molecule has 0 aromatic heterocycles. The smallest absolute Gasteiger partial charge is 0.183 e. The molecule has 0 atom stereocenters. The highest BCUT2D eigenvalue weighted by Crippen LogP contribution is 2.21. The minimum atomic E-state index is -0.273. The molecule has 1 aromatic rings. The van der Waals surface area contributed by atoms with Crippen LogP contribution in [-0.4, -0.2) is 19.8 Å². The molecule has 0 radical (unpaired) electrons. The zero-order chi connectivity index (χ0) is 13.8. The summed E-state index contributed by atoms with van der Waals surface area (Å²) in [5.41, 5.74) is 1.02. The van der Waals surface area contributed by atoms with Crippen molar-refractivity contribution in [1.29, 1.82) is 0 Å². The first kappa shape index (κ1) is 16.9. The highest BCUT2D eigenvalue weighted by Gasteiger charge is 2.10. The van der Waals surface area contributed by atoms with E-state index in [0.29, 0.717) is 19.8 Å². The summed E-state index contributed by atoms with van der Waals surface area (Å²) in [5.74, 6) is 0.873. The second kappa shape index (κ2) is 11.1. The van der Waals surface area contributed by atoms with Gasteiger partial charge in [0.2, 0.25) is 0 Å². The summed E-state index contributed by atoms with van der Waals surface area (Å²) in [6.45, 7) is 11.8. The SMILES string of the molecule is CC.CCOc1ccc(C(OCC)OCC)cc1. The van der Waals surface area contributed by atoms with Gasteiger partial charge in [0.25, 0.3) is 0 Å². The highest BCUT2D eigenvalue weighted by atomic mass is 16.7. The van der Waals surface area contributed by atoms with Gasteiger partial charge in [0.15, 0.2) is 6.29 Å². The third-order valence-electron chi connectivity index (χ3n) is 2.10. The van der Waals surface area contributed by atoms with Crippen LogP contribution >= 0.6 is 0 Å². The summed E-state index contributed by atoms with van der Waals surface area (Å²) in [5, 5.41) is 0. The molecule has 3 nitrogen and oxygen atoms in total. The number of benzene rings is 1. The van der Waals surface area contributed by atoms with Crippen LogP contribution in [0.2, 0.25) is 0 Å². The number of hydrogen-bond donors (Lipinski definition) is 0. The van der Waals surface area contributed by atoms with Crippen LogP contribution in [0.4, 0.5) is 0 Å². The molecule has 0 bridgehead atoms. The first-order valence-electron chi connectivity index (χ1n) is 6.77. The summed E-state index contributed by atoms with van der Waals surface area (Å²) in [4.78, 5) is 0. The quantitative estimate of drug-likeness (QED) is 0.683. The molecule has 0 aliphatic rings. The lowest BCUT2D eigenvalue weighted by atomic mass is 10.2. The number of rotatable bonds is 7. The molecule has 1 aromatic carbocycles. The third-order valence-corrected chi connectivity index (χ3v) is 2.10. The molecular formula is C15H26O3. The van der Waals surface area contributed by atoms with Crippen molar-refractivity contribution in [1.82, 2.24) is 0 Å². The van der Waals surface area contributed by atoms with Crippen molar-refractivity contribution >= 4 is 0 Å². The molecule has 0 saturated carbocycles. The van der Waals surface area contributed by atoms with Crippen LogP contribution in [0.3, 0.4) is 0 Å². The minimum Gasteiger partial charge on any atom is -0.494 e. The average molecular weight is 254 g/mol. The van der Waals surface area contributed by atoms with Gasteiger partial charge in [0.1, 0.15) is 5.75 Å². The molecule has 0 amide bonds. The van der Waals surface area contributed by atoms with Crippen LogP contribution < -0.4 is 4.74 Å². The van der Waals surface area contributed by atoms with Crippen LogP contribution in [0, 0.1) is 0 Å². The molecule has 0 unspecified atom stereocenters. The Bertz CT molecular complexity index is 276. The van der Waals surface area contributed by atoms with Gasteiger partial charge in [-0.25, -0.2) is 0 Å². The fraction of sp³-hybridized carbons (Fsp3) is 0.600. The van der Waals surface area contributed by atoms with E-state index in [-0.39, 0.29) is 6.29 Å². The van der Waals surface area contributed by atoms with Crippen LogP contribution in [0.5, 0.6) is 5.75 Å². The fourth-order valence-corrected chi connectivity index (χ4v) is 1.43. The Morgan fingerprint density at radius 1 is 0.833 bits per heavy atom. The van der Waals surface area contributed by atoms with Crippen molar-refractivity contribution in [3.05, 3.63) is 29.8 Å². The molecule has 0 fully saturated rings. The lowest BCUT2D eigenvalue weighted by molar-refractivity contribution is -0.140. The summed E-state index contributed by atoms with van der Waals surface area (Å²) in [6.07, 6.45) is -0.273. The van der Waals surface area contributed by atoms with Crippen molar-refractivity contribution in [2.75, 3.05) is 19.8 Å².